The second-order valence-corrected chi connectivity index (χ2v) is 5.36. The second kappa shape index (κ2) is 7.51. The summed E-state index contributed by atoms with van der Waals surface area (Å²) in [6, 6.07) is -0.813. The predicted octanol–water partition coefficient (Wildman–Crippen LogP) is 0.470. The zero-order valence-electron chi connectivity index (χ0n) is 9.60. The van der Waals surface area contributed by atoms with Crippen LogP contribution >= 0.6 is 11.8 Å². The molecule has 5 nitrogen and oxygen atoms in total. The van der Waals surface area contributed by atoms with Crippen LogP contribution in [0.4, 0.5) is 0 Å². The Morgan fingerprint density at radius 2 is 2.12 bits per heavy atom. The van der Waals surface area contributed by atoms with E-state index in [1.54, 1.807) is 25.6 Å². The number of amides is 1. The molecule has 0 saturated carbocycles. The Morgan fingerprint density at radius 3 is 2.56 bits per heavy atom. The van der Waals surface area contributed by atoms with Crippen LogP contribution in [0.3, 0.4) is 0 Å². The lowest BCUT2D eigenvalue weighted by atomic mass is 10.1. The van der Waals surface area contributed by atoms with Crippen molar-refractivity contribution in [3.63, 3.8) is 0 Å². The molecule has 0 bridgehead atoms. The minimum atomic E-state index is -1.02. The smallest absolute Gasteiger partial charge is 0.326 e. The second-order valence-electron chi connectivity index (χ2n) is 4.14. The van der Waals surface area contributed by atoms with E-state index in [-0.39, 0.29) is 0 Å². The van der Waals surface area contributed by atoms with Gasteiger partial charge in [0.05, 0.1) is 5.60 Å². The van der Waals surface area contributed by atoms with Gasteiger partial charge < -0.3 is 15.5 Å². The molecule has 6 heteroatoms. The van der Waals surface area contributed by atoms with E-state index < -0.39 is 17.6 Å². The summed E-state index contributed by atoms with van der Waals surface area (Å²) in [7, 11) is 0. The number of carbonyl (C=O) groups excluding carboxylic acids is 1. The highest BCUT2D eigenvalue weighted by atomic mass is 32.2. The van der Waals surface area contributed by atoms with E-state index in [1.165, 1.54) is 0 Å². The summed E-state index contributed by atoms with van der Waals surface area (Å²) in [6.07, 6.45) is 1.46. The van der Waals surface area contributed by atoms with Crippen LogP contribution in [0, 0.1) is 0 Å². The summed E-state index contributed by atoms with van der Waals surface area (Å²) in [5.74, 6) is 0.403. The van der Waals surface area contributed by atoms with Crippen molar-refractivity contribution in [2.75, 3.05) is 11.5 Å². The highest BCUT2D eigenvalue weighted by molar-refractivity contribution is 7.99. The number of aliphatic carboxylic acids is 1. The number of hydrogen-bond donors (Lipinski definition) is 3. The zero-order valence-corrected chi connectivity index (χ0v) is 10.4. The molecule has 3 N–H and O–H groups in total. The van der Waals surface area contributed by atoms with E-state index >= 15 is 0 Å². The maximum Gasteiger partial charge on any atom is 0.326 e. The number of carbonyl (C=O) groups is 2. The molecule has 0 heterocycles. The van der Waals surface area contributed by atoms with E-state index in [0.29, 0.717) is 25.0 Å². The van der Waals surface area contributed by atoms with Gasteiger partial charge in [0, 0.05) is 0 Å². The topological polar surface area (TPSA) is 86.6 Å². The molecule has 1 unspecified atom stereocenters. The van der Waals surface area contributed by atoms with E-state index in [1.807, 2.05) is 0 Å². The van der Waals surface area contributed by atoms with Crippen molar-refractivity contribution in [2.45, 2.75) is 38.3 Å². The Kier molecular flexibility index (Phi) is 7.16. The van der Waals surface area contributed by atoms with Gasteiger partial charge >= 0.3 is 5.97 Å². The van der Waals surface area contributed by atoms with Crippen LogP contribution in [0.15, 0.2) is 0 Å². The van der Waals surface area contributed by atoms with Gasteiger partial charge in [-0.1, -0.05) is 0 Å². The molecule has 0 aliphatic carbocycles. The average Bonchev–Trinajstić information content (AvgIpc) is 2.13. The lowest BCUT2D eigenvalue weighted by Crippen LogP contribution is -2.36. The first-order valence-corrected chi connectivity index (χ1v) is 6.25. The number of aliphatic hydroxyl groups is 1. The van der Waals surface area contributed by atoms with Gasteiger partial charge in [0.2, 0.25) is 6.41 Å². The number of nitrogens with one attached hydrogen (secondary N) is 1. The van der Waals surface area contributed by atoms with Gasteiger partial charge in [0.25, 0.3) is 0 Å². The Balaban J connectivity index is 3.63. The number of hydrogen-bond acceptors (Lipinski definition) is 4. The third-order valence-corrected chi connectivity index (χ3v) is 2.99. The minimum absolute atomic E-state index is 0.393. The number of carboxylic acids is 1. The molecule has 16 heavy (non-hydrogen) atoms. The van der Waals surface area contributed by atoms with Crippen LogP contribution in [-0.4, -0.2) is 45.7 Å². The van der Waals surface area contributed by atoms with E-state index in [2.05, 4.69) is 5.32 Å². The molecule has 0 spiro atoms. The molecule has 1 amide bonds. The molecule has 0 aromatic carbocycles. The molecule has 0 aliphatic heterocycles. The summed E-state index contributed by atoms with van der Waals surface area (Å²) in [6.45, 7) is 3.48. The van der Waals surface area contributed by atoms with Crippen molar-refractivity contribution in [1.82, 2.24) is 5.32 Å². The molecule has 0 aliphatic rings. The van der Waals surface area contributed by atoms with Crippen molar-refractivity contribution in [3.05, 3.63) is 0 Å². The molecule has 94 valence electrons. The first-order chi connectivity index (χ1) is 7.37. The SMILES string of the molecule is CC(C)(O)CCSCCC(NC=O)C(=O)O. The first-order valence-electron chi connectivity index (χ1n) is 5.09. The summed E-state index contributed by atoms with van der Waals surface area (Å²) in [5.41, 5.74) is -0.680. The van der Waals surface area contributed by atoms with Crippen molar-refractivity contribution in [3.8, 4) is 0 Å². The van der Waals surface area contributed by atoms with Crippen LogP contribution in [-0.2, 0) is 9.59 Å². The van der Waals surface area contributed by atoms with Gasteiger partial charge in [-0.05, 0) is 38.2 Å². The normalized spacial score (nSPS) is 13.2. The van der Waals surface area contributed by atoms with Crippen LogP contribution in [0.1, 0.15) is 26.7 Å². The van der Waals surface area contributed by atoms with Crippen molar-refractivity contribution >= 4 is 24.1 Å². The maximum atomic E-state index is 10.6. The number of rotatable bonds is 9. The monoisotopic (exact) mass is 249 g/mol. The molecular weight excluding hydrogens is 230 g/mol. The predicted molar refractivity (Wildman–Crippen MR) is 63.5 cm³/mol. The summed E-state index contributed by atoms with van der Waals surface area (Å²) in [5, 5.41) is 20.4. The molecule has 0 aromatic rings. The molecule has 0 aromatic heterocycles. The van der Waals surface area contributed by atoms with Crippen LogP contribution < -0.4 is 5.32 Å². The van der Waals surface area contributed by atoms with E-state index in [9.17, 15) is 14.7 Å². The standard InChI is InChI=1S/C10H19NO4S/c1-10(2,15)4-6-16-5-3-8(9(13)14)11-7-12/h7-8,15H,3-6H2,1-2H3,(H,11,12)(H,13,14). The summed E-state index contributed by atoms with van der Waals surface area (Å²) >= 11 is 1.57. The fourth-order valence-electron chi connectivity index (χ4n) is 0.985. The lowest BCUT2D eigenvalue weighted by molar-refractivity contribution is -0.140. The third kappa shape index (κ3) is 8.55. The highest BCUT2D eigenvalue weighted by Crippen LogP contribution is 2.14. The minimum Gasteiger partial charge on any atom is -0.480 e. The van der Waals surface area contributed by atoms with Gasteiger partial charge in [-0.2, -0.15) is 11.8 Å². The lowest BCUT2D eigenvalue weighted by Gasteiger charge is -2.16. The van der Waals surface area contributed by atoms with Gasteiger partial charge in [0.1, 0.15) is 6.04 Å². The van der Waals surface area contributed by atoms with Gasteiger partial charge in [-0.25, -0.2) is 4.79 Å². The largest absolute Gasteiger partial charge is 0.480 e. The fraction of sp³-hybridized carbons (Fsp3) is 0.800. The van der Waals surface area contributed by atoms with Gasteiger partial charge in [-0.15, -0.1) is 0 Å². The van der Waals surface area contributed by atoms with Gasteiger partial charge in [0.15, 0.2) is 0 Å². The molecule has 0 rings (SSSR count). The van der Waals surface area contributed by atoms with Crippen molar-refractivity contribution in [1.29, 1.82) is 0 Å². The molecule has 0 saturated heterocycles. The van der Waals surface area contributed by atoms with Crippen LogP contribution in [0.5, 0.6) is 0 Å². The fourth-order valence-corrected chi connectivity index (χ4v) is 2.24. The van der Waals surface area contributed by atoms with E-state index in [4.69, 9.17) is 5.11 Å². The third-order valence-electron chi connectivity index (χ3n) is 1.98. The average molecular weight is 249 g/mol. The Labute approximate surface area is 99.6 Å². The molecular formula is C10H19NO4S. The van der Waals surface area contributed by atoms with E-state index in [0.717, 1.165) is 5.75 Å². The van der Waals surface area contributed by atoms with Crippen molar-refractivity contribution in [2.24, 2.45) is 0 Å². The van der Waals surface area contributed by atoms with Crippen LogP contribution in [0.25, 0.3) is 0 Å². The van der Waals surface area contributed by atoms with Crippen LogP contribution in [0.2, 0.25) is 0 Å². The maximum absolute atomic E-state index is 10.6. The Hall–Kier alpha value is -0.750. The highest BCUT2D eigenvalue weighted by Gasteiger charge is 2.16. The summed E-state index contributed by atoms with van der Waals surface area (Å²) in [4.78, 5) is 20.8. The summed E-state index contributed by atoms with van der Waals surface area (Å²) < 4.78 is 0. The Bertz CT molecular complexity index is 227. The quantitative estimate of drug-likeness (QED) is 0.408. The Morgan fingerprint density at radius 1 is 1.50 bits per heavy atom. The van der Waals surface area contributed by atoms with Crippen molar-refractivity contribution < 1.29 is 19.8 Å². The first kappa shape index (κ1) is 15.2. The molecule has 0 radical (unpaired) electrons. The molecule has 1 atom stereocenters. The number of thioether (sulfide) groups is 1. The number of carboxylic acid groups (broad SMARTS) is 1. The van der Waals surface area contributed by atoms with Gasteiger partial charge in [-0.3, -0.25) is 4.79 Å². The zero-order chi connectivity index (χ0) is 12.6. The molecule has 0 fully saturated rings.